The van der Waals surface area contributed by atoms with Crippen molar-refractivity contribution in [1.82, 2.24) is 10.1 Å². The van der Waals surface area contributed by atoms with Crippen molar-refractivity contribution in [2.24, 2.45) is 0 Å². The van der Waals surface area contributed by atoms with Crippen molar-refractivity contribution >= 4 is 11.7 Å². The molecule has 1 unspecified atom stereocenters. The Labute approximate surface area is 106 Å². The molecule has 1 aromatic carbocycles. The molecule has 94 valence electrons. The van der Waals surface area contributed by atoms with Gasteiger partial charge in [0.25, 0.3) is 0 Å². The summed E-state index contributed by atoms with van der Waals surface area (Å²) in [6.45, 7) is 4.57. The van der Waals surface area contributed by atoms with Crippen LogP contribution in [0.15, 0.2) is 36.9 Å². The third kappa shape index (κ3) is 1.41. The molecule has 1 atom stereocenters. The van der Waals surface area contributed by atoms with Gasteiger partial charge in [-0.1, -0.05) is 24.3 Å². The summed E-state index contributed by atoms with van der Waals surface area (Å²) < 4.78 is 0. The van der Waals surface area contributed by atoms with Crippen LogP contribution >= 0.6 is 0 Å². The highest BCUT2D eigenvalue weighted by atomic mass is 16.7. The van der Waals surface area contributed by atoms with Crippen molar-refractivity contribution < 1.29 is 9.63 Å². The van der Waals surface area contributed by atoms with Crippen molar-refractivity contribution in [3.63, 3.8) is 0 Å². The molecule has 5 nitrogen and oxygen atoms in total. The second-order valence-electron chi connectivity index (χ2n) is 4.37. The van der Waals surface area contributed by atoms with Gasteiger partial charge in [-0.25, -0.2) is 9.80 Å². The Morgan fingerprint density at radius 1 is 1.50 bits per heavy atom. The fraction of sp³-hybridized carbons (Fsp3) is 0.308. The standard InChI is InChI=1S/C13H15N3O2/c1-3-8-18-16-12-9-15(13(16)17)14(2)11-7-5-4-6-10(11)12/h3-7,12H,1,8-9H2,2H3. The predicted octanol–water partition coefficient (Wildman–Crippen LogP) is 1.95. The Balaban J connectivity index is 2.00. The van der Waals surface area contributed by atoms with Crippen molar-refractivity contribution in [3.05, 3.63) is 42.5 Å². The van der Waals surface area contributed by atoms with E-state index in [0.717, 1.165) is 11.3 Å². The van der Waals surface area contributed by atoms with Gasteiger partial charge in [-0.05, 0) is 6.07 Å². The minimum absolute atomic E-state index is 0.0372. The van der Waals surface area contributed by atoms with Gasteiger partial charge in [-0.2, -0.15) is 5.06 Å². The lowest BCUT2D eigenvalue weighted by molar-refractivity contribution is -0.118. The van der Waals surface area contributed by atoms with Gasteiger partial charge in [-0.15, -0.1) is 6.58 Å². The third-order valence-electron chi connectivity index (χ3n) is 3.38. The SMILES string of the molecule is C=CCON1C(=O)N2CC1c1ccccc1N2C. The van der Waals surface area contributed by atoms with Gasteiger partial charge in [0, 0.05) is 12.6 Å². The second kappa shape index (κ2) is 4.03. The molecule has 0 N–H and O–H groups in total. The zero-order chi connectivity index (χ0) is 12.7. The van der Waals surface area contributed by atoms with Crippen molar-refractivity contribution in [3.8, 4) is 0 Å². The first-order chi connectivity index (χ1) is 8.74. The summed E-state index contributed by atoms with van der Waals surface area (Å²) in [5, 5.41) is 5.02. The molecule has 5 heteroatoms. The highest BCUT2D eigenvalue weighted by Gasteiger charge is 2.46. The van der Waals surface area contributed by atoms with Gasteiger partial charge < -0.3 is 0 Å². The smallest absolute Gasteiger partial charge is 0.284 e. The first-order valence-corrected chi connectivity index (χ1v) is 5.91. The fourth-order valence-electron chi connectivity index (χ4n) is 2.51. The van der Waals surface area contributed by atoms with Gasteiger partial charge in [0.2, 0.25) is 0 Å². The molecular formula is C13H15N3O2. The van der Waals surface area contributed by atoms with Gasteiger partial charge in [0.15, 0.2) is 0 Å². The van der Waals surface area contributed by atoms with Crippen LogP contribution in [-0.2, 0) is 4.84 Å². The molecule has 18 heavy (non-hydrogen) atoms. The molecule has 1 saturated heterocycles. The highest BCUT2D eigenvalue weighted by molar-refractivity contribution is 5.81. The predicted molar refractivity (Wildman–Crippen MR) is 67.7 cm³/mol. The minimum Gasteiger partial charge on any atom is -0.284 e. The number of hydrogen-bond donors (Lipinski definition) is 0. The van der Waals surface area contributed by atoms with Crippen LogP contribution in [-0.4, -0.2) is 36.3 Å². The zero-order valence-corrected chi connectivity index (χ0v) is 10.2. The number of hydroxylamine groups is 2. The van der Waals surface area contributed by atoms with E-state index in [1.165, 1.54) is 5.06 Å². The summed E-state index contributed by atoms with van der Waals surface area (Å²) in [6, 6.07) is 7.85. The van der Waals surface area contributed by atoms with Crippen LogP contribution < -0.4 is 5.01 Å². The average molecular weight is 245 g/mol. The zero-order valence-electron chi connectivity index (χ0n) is 10.2. The first kappa shape index (κ1) is 11.1. The van der Waals surface area contributed by atoms with E-state index in [0.29, 0.717) is 13.2 Å². The van der Waals surface area contributed by atoms with Gasteiger partial charge in [0.1, 0.15) is 6.04 Å². The number of hydrazine groups is 1. The monoisotopic (exact) mass is 245 g/mol. The minimum atomic E-state index is -0.124. The average Bonchev–Trinajstić information content (AvgIpc) is 2.69. The van der Waals surface area contributed by atoms with Crippen LogP contribution in [0.3, 0.4) is 0 Å². The first-order valence-electron chi connectivity index (χ1n) is 5.91. The maximum atomic E-state index is 12.2. The van der Waals surface area contributed by atoms with E-state index in [4.69, 9.17) is 4.84 Å². The topological polar surface area (TPSA) is 36.0 Å². The number of benzene rings is 1. The Kier molecular flexibility index (Phi) is 2.48. The number of carbonyl (C=O) groups excluding carboxylic acids is 1. The second-order valence-corrected chi connectivity index (χ2v) is 4.37. The molecule has 3 rings (SSSR count). The molecule has 0 saturated carbocycles. The number of rotatable bonds is 3. The van der Waals surface area contributed by atoms with Crippen molar-refractivity contribution in [2.75, 3.05) is 25.2 Å². The highest BCUT2D eigenvalue weighted by Crippen LogP contribution is 2.41. The fourth-order valence-corrected chi connectivity index (χ4v) is 2.51. The van der Waals surface area contributed by atoms with Crippen LogP contribution in [0.4, 0.5) is 10.5 Å². The van der Waals surface area contributed by atoms with E-state index < -0.39 is 0 Å². The number of nitrogens with zero attached hydrogens (tertiary/aromatic N) is 3. The van der Waals surface area contributed by atoms with E-state index in [1.807, 2.05) is 36.3 Å². The van der Waals surface area contributed by atoms with Gasteiger partial charge in [0.05, 0.1) is 18.8 Å². The van der Waals surface area contributed by atoms with Crippen molar-refractivity contribution in [2.45, 2.75) is 6.04 Å². The molecule has 2 aliphatic heterocycles. The lowest BCUT2D eigenvalue weighted by atomic mass is 10.0. The van der Waals surface area contributed by atoms with E-state index in [9.17, 15) is 4.79 Å². The Bertz CT molecular complexity index is 503. The lowest BCUT2D eigenvalue weighted by Crippen LogP contribution is -2.43. The van der Waals surface area contributed by atoms with Crippen LogP contribution in [0.25, 0.3) is 0 Å². The molecule has 0 aliphatic carbocycles. The number of anilines is 1. The maximum Gasteiger partial charge on any atom is 0.363 e. The van der Waals surface area contributed by atoms with Crippen molar-refractivity contribution in [1.29, 1.82) is 0 Å². The quantitative estimate of drug-likeness (QED) is 0.764. The number of urea groups is 1. The molecule has 0 radical (unpaired) electrons. The van der Waals surface area contributed by atoms with E-state index in [-0.39, 0.29) is 12.1 Å². The summed E-state index contributed by atoms with van der Waals surface area (Å²) in [4.78, 5) is 17.7. The van der Waals surface area contributed by atoms with Gasteiger partial charge >= 0.3 is 6.03 Å². The summed E-state index contributed by atoms with van der Waals surface area (Å²) in [5.41, 5.74) is 2.16. The van der Waals surface area contributed by atoms with E-state index >= 15 is 0 Å². The number of fused-ring (bicyclic) bond motifs is 4. The summed E-state index contributed by atoms with van der Waals surface area (Å²) in [5.74, 6) is 0. The number of hydrogen-bond acceptors (Lipinski definition) is 3. The molecular weight excluding hydrogens is 230 g/mol. The van der Waals surface area contributed by atoms with E-state index in [1.54, 1.807) is 11.1 Å². The molecule has 0 spiro atoms. The molecule has 1 fully saturated rings. The number of carbonyl (C=O) groups is 1. The van der Waals surface area contributed by atoms with Crippen LogP contribution in [0, 0.1) is 0 Å². The molecule has 2 amide bonds. The number of amides is 2. The largest absolute Gasteiger partial charge is 0.363 e. The maximum absolute atomic E-state index is 12.2. The molecule has 2 aliphatic rings. The lowest BCUT2D eigenvalue weighted by Gasteiger charge is -2.33. The van der Waals surface area contributed by atoms with Gasteiger partial charge in [-0.3, -0.25) is 9.85 Å². The van der Waals surface area contributed by atoms with Crippen LogP contribution in [0.5, 0.6) is 0 Å². The Morgan fingerprint density at radius 3 is 3.06 bits per heavy atom. The third-order valence-corrected chi connectivity index (χ3v) is 3.38. The van der Waals surface area contributed by atoms with Crippen LogP contribution in [0.1, 0.15) is 11.6 Å². The molecule has 2 bridgehead atoms. The molecule has 2 heterocycles. The molecule has 0 aromatic heterocycles. The summed E-state index contributed by atoms with van der Waals surface area (Å²) in [7, 11) is 1.89. The van der Waals surface area contributed by atoms with Crippen LogP contribution in [0.2, 0.25) is 0 Å². The normalized spacial score (nSPS) is 21.3. The summed E-state index contributed by atoms with van der Waals surface area (Å²) >= 11 is 0. The number of para-hydroxylation sites is 1. The van der Waals surface area contributed by atoms with E-state index in [2.05, 4.69) is 6.58 Å². The molecule has 1 aromatic rings. The Hall–Kier alpha value is -2.01. The summed E-state index contributed by atoms with van der Waals surface area (Å²) in [6.07, 6.45) is 1.64. The Morgan fingerprint density at radius 2 is 2.28 bits per heavy atom.